The van der Waals surface area contributed by atoms with E-state index in [-0.39, 0.29) is 17.4 Å². The molecule has 4 rings (SSSR count). The molecular weight excluding hydrogens is 318 g/mol. The van der Waals surface area contributed by atoms with Gasteiger partial charge >= 0.3 is 0 Å². The zero-order chi connectivity index (χ0) is 16.6. The summed E-state index contributed by atoms with van der Waals surface area (Å²) in [5.74, 6) is 0.135. The lowest BCUT2D eigenvalue weighted by Gasteiger charge is -2.39. The van der Waals surface area contributed by atoms with E-state index < -0.39 is 0 Å². The van der Waals surface area contributed by atoms with Gasteiger partial charge in [-0.1, -0.05) is 6.07 Å². The number of nitrogens with one attached hydrogen (secondary N) is 1. The van der Waals surface area contributed by atoms with Gasteiger partial charge in [-0.15, -0.1) is 11.3 Å². The van der Waals surface area contributed by atoms with Gasteiger partial charge in [0.2, 0.25) is 5.91 Å². The number of hydrogen-bond donors (Lipinski definition) is 1. The zero-order valence-electron chi connectivity index (χ0n) is 14.0. The fraction of sp³-hybridized carbons (Fsp3) is 0.474. The van der Waals surface area contributed by atoms with Crippen molar-refractivity contribution in [1.29, 1.82) is 0 Å². The minimum absolute atomic E-state index is 0.0144. The van der Waals surface area contributed by atoms with Crippen LogP contribution in [-0.2, 0) is 11.3 Å². The number of piperidine rings is 1. The van der Waals surface area contributed by atoms with Crippen LogP contribution in [0.4, 0.5) is 0 Å². The molecule has 4 nitrogen and oxygen atoms in total. The Kier molecular flexibility index (Phi) is 4.14. The van der Waals surface area contributed by atoms with E-state index in [0.29, 0.717) is 0 Å². The lowest BCUT2D eigenvalue weighted by atomic mass is 9.82. The van der Waals surface area contributed by atoms with E-state index >= 15 is 0 Å². The number of aromatic nitrogens is 1. The zero-order valence-corrected chi connectivity index (χ0v) is 14.8. The third-order valence-electron chi connectivity index (χ3n) is 5.38. The van der Waals surface area contributed by atoms with Gasteiger partial charge in [0.1, 0.15) is 0 Å². The first-order chi connectivity index (χ1) is 11.6. The molecule has 24 heavy (non-hydrogen) atoms. The van der Waals surface area contributed by atoms with Crippen LogP contribution in [0.1, 0.15) is 40.5 Å². The Hall–Kier alpha value is -1.72. The van der Waals surface area contributed by atoms with Gasteiger partial charge in [-0.2, -0.15) is 0 Å². The number of carbonyl (C=O) groups is 1. The normalized spacial score (nSPS) is 23.5. The van der Waals surface area contributed by atoms with Crippen LogP contribution in [-0.4, -0.2) is 34.4 Å². The van der Waals surface area contributed by atoms with Gasteiger partial charge < -0.3 is 5.32 Å². The van der Waals surface area contributed by atoms with E-state index in [4.69, 9.17) is 0 Å². The fourth-order valence-corrected chi connectivity index (χ4v) is 4.93. The first-order valence-electron chi connectivity index (χ1n) is 8.63. The van der Waals surface area contributed by atoms with Gasteiger partial charge in [0.15, 0.2) is 0 Å². The Bertz CT molecular complexity index is 719. The second kappa shape index (κ2) is 6.30. The molecule has 1 N–H and O–H groups in total. The molecule has 0 aliphatic carbocycles. The number of nitrogens with zero attached hydrogens (tertiary/aromatic N) is 2. The fourth-order valence-electron chi connectivity index (χ4n) is 3.99. The van der Waals surface area contributed by atoms with E-state index in [1.165, 1.54) is 9.75 Å². The number of rotatable bonds is 3. The SMILES string of the molecule is Cc1ccc(CN2CCC3(CC2)C[C@H](c2cccnc2)C(=O)N3)s1. The Morgan fingerprint density at radius 1 is 1.33 bits per heavy atom. The molecule has 4 heterocycles. The van der Waals surface area contributed by atoms with Crippen LogP contribution in [0.25, 0.3) is 0 Å². The van der Waals surface area contributed by atoms with Gasteiger partial charge in [0.25, 0.3) is 0 Å². The second-order valence-corrected chi connectivity index (χ2v) is 8.47. The summed E-state index contributed by atoms with van der Waals surface area (Å²) < 4.78 is 0. The van der Waals surface area contributed by atoms with Crippen LogP contribution in [0, 0.1) is 6.92 Å². The predicted octanol–water partition coefficient (Wildman–Crippen LogP) is 3.09. The summed E-state index contributed by atoms with van der Waals surface area (Å²) in [6.07, 6.45) is 6.58. The molecule has 126 valence electrons. The lowest BCUT2D eigenvalue weighted by molar-refractivity contribution is -0.121. The Morgan fingerprint density at radius 3 is 2.83 bits per heavy atom. The number of aryl methyl sites for hydroxylation is 1. The van der Waals surface area contributed by atoms with E-state index in [1.807, 2.05) is 29.7 Å². The van der Waals surface area contributed by atoms with Crippen molar-refractivity contribution in [3.63, 3.8) is 0 Å². The highest BCUT2D eigenvalue weighted by Gasteiger charge is 2.46. The molecule has 1 atom stereocenters. The summed E-state index contributed by atoms with van der Waals surface area (Å²) in [4.78, 5) is 22.0. The first-order valence-corrected chi connectivity index (χ1v) is 9.45. The molecule has 5 heteroatoms. The predicted molar refractivity (Wildman–Crippen MR) is 96.0 cm³/mol. The molecule has 2 aliphatic rings. The Labute approximate surface area is 146 Å². The van der Waals surface area contributed by atoms with Crippen LogP contribution in [0.5, 0.6) is 0 Å². The number of amides is 1. The average molecular weight is 341 g/mol. The lowest BCUT2D eigenvalue weighted by Crippen LogP contribution is -2.50. The number of pyridine rings is 1. The van der Waals surface area contributed by atoms with Crippen LogP contribution < -0.4 is 5.32 Å². The van der Waals surface area contributed by atoms with Crippen LogP contribution >= 0.6 is 11.3 Å². The minimum Gasteiger partial charge on any atom is -0.350 e. The largest absolute Gasteiger partial charge is 0.350 e. The maximum Gasteiger partial charge on any atom is 0.228 e. The van der Waals surface area contributed by atoms with Crippen LogP contribution in [0.2, 0.25) is 0 Å². The second-order valence-electron chi connectivity index (χ2n) is 7.10. The number of hydrogen-bond acceptors (Lipinski definition) is 4. The Balaban J connectivity index is 1.39. The van der Waals surface area contributed by atoms with Crippen molar-refractivity contribution in [3.05, 3.63) is 52.0 Å². The quantitative estimate of drug-likeness (QED) is 0.933. The minimum atomic E-state index is -0.0369. The molecule has 1 spiro atoms. The summed E-state index contributed by atoms with van der Waals surface area (Å²) in [6, 6.07) is 8.37. The van der Waals surface area contributed by atoms with Crippen molar-refractivity contribution in [2.24, 2.45) is 0 Å². The molecule has 2 fully saturated rings. The molecule has 2 aromatic heterocycles. The maximum absolute atomic E-state index is 12.5. The summed E-state index contributed by atoms with van der Waals surface area (Å²) in [5.41, 5.74) is 1.03. The highest BCUT2D eigenvalue weighted by atomic mass is 32.1. The molecule has 1 amide bonds. The third-order valence-corrected chi connectivity index (χ3v) is 6.36. The monoisotopic (exact) mass is 341 g/mol. The smallest absolute Gasteiger partial charge is 0.228 e. The Morgan fingerprint density at radius 2 is 2.17 bits per heavy atom. The highest BCUT2D eigenvalue weighted by molar-refractivity contribution is 7.11. The molecule has 2 aromatic rings. The van der Waals surface area contributed by atoms with Crippen molar-refractivity contribution in [1.82, 2.24) is 15.2 Å². The van der Waals surface area contributed by atoms with Crippen LogP contribution in [0.3, 0.4) is 0 Å². The first kappa shape index (κ1) is 15.8. The summed E-state index contributed by atoms with van der Waals surface area (Å²) in [5, 5.41) is 3.32. The molecule has 0 radical (unpaired) electrons. The molecule has 2 saturated heterocycles. The molecular formula is C19H23N3OS. The van der Waals surface area contributed by atoms with E-state index in [1.54, 1.807) is 6.20 Å². The van der Waals surface area contributed by atoms with Crippen LogP contribution in [0.15, 0.2) is 36.7 Å². The van der Waals surface area contributed by atoms with Crippen molar-refractivity contribution in [3.8, 4) is 0 Å². The standard InChI is InChI=1S/C19H23N3OS/c1-14-4-5-16(24-14)13-22-9-6-19(7-10-22)11-17(18(23)21-19)15-3-2-8-20-12-15/h2-5,8,12,17H,6-7,9-11,13H2,1H3,(H,21,23)/t17-/m1/s1. The third kappa shape index (κ3) is 3.10. The highest BCUT2D eigenvalue weighted by Crippen LogP contribution is 2.39. The van der Waals surface area contributed by atoms with Gasteiger partial charge in [-0.25, -0.2) is 0 Å². The molecule has 2 aliphatic heterocycles. The van der Waals surface area contributed by atoms with Crippen molar-refractivity contribution < 1.29 is 4.79 Å². The van der Waals surface area contributed by atoms with Crippen molar-refractivity contribution in [2.45, 2.75) is 44.2 Å². The molecule has 0 aromatic carbocycles. The maximum atomic E-state index is 12.5. The van der Waals surface area contributed by atoms with Gasteiger partial charge in [-0.05, 0) is 49.9 Å². The van der Waals surface area contributed by atoms with E-state index in [2.05, 4.69) is 34.3 Å². The van der Waals surface area contributed by atoms with E-state index in [9.17, 15) is 4.79 Å². The summed E-state index contributed by atoms with van der Waals surface area (Å²) in [7, 11) is 0. The topological polar surface area (TPSA) is 45.2 Å². The summed E-state index contributed by atoms with van der Waals surface area (Å²) in [6.45, 7) is 5.30. The van der Waals surface area contributed by atoms with Gasteiger partial charge in [0.05, 0.1) is 5.92 Å². The molecule has 0 saturated carbocycles. The molecule has 0 bridgehead atoms. The number of likely N-dealkylation sites (tertiary alicyclic amines) is 1. The van der Waals surface area contributed by atoms with Crippen molar-refractivity contribution >= 4 is 17.2 Å². The number of carbonyl (C=O) groups excluding carboxylic acids is 1. The number of thiophene rings is 1. The summed E-state index contributed by atoms with van der Waals surface area (Å²) >= 11 is 1.88. The van der Waals surface area contributed by atoms with Crippen molar-refractivity contribution in [2.75, 3.05) is 13.1 Å². The van der Waals surface area contributed by atoms with Gasteiger partial charge in [-0.3, -0.25) is 14.7 Å². The van der Waals surface area contributed by atoms with E-state index in [0.717, 1.165) is 44.5 Å². The average Bonchev–Trinajstić information content (AvgIpc) is 3.14. The molecule has 0 unspecified atom stereocenters. The van der Waals surface area contributed by atoms with Gasteiger partial charge in [0, 0.05) is 47.3 Å².